The molecule has 258 valence electrons. The van der Waals surface area contributed by atoms with Gasteiger partial charge in [0.15, 0.2) is 0 Å². The molecule has 4 rings (SSSR count). The van der Waals surface area contributed by atoms with Crippen molar-refractivity contribution in [3.05, 3.63) is 42.5 Å². The molecule has 1 saturated heterocycles. The normalized spacial score (nSPS) is 17.3. The Morgan fingerprint density at radius 3 is 2.32 bits per heavy atom. The Bertz CT molecular complexity index is 1710. The predicted octanol–water partition coefficient (Wildman–Crippen LogP) is 0.700. The minimum Gasteiger partial charge on any atom is -0.481 e. The molecule has 1 aliphatic heterocycles. The number of sulfonamides is 2. The monoisotopic (exact) mass is 695 g/mol. The number of nitrogens with one attached hydrogen (secondary N) is 2. The van der Waals surface area contributed by atoms with Crippen LogP contribution in [0.1, 0.15) is 39.0 Å². The molecule has 1 aliphatic carbocycles. The second kappa shape index (κ2) is 16.0. The van der Waals surface area contributed by atoms with Gasteiger partial charge < -0.3 is 20.7 Å². The molecule has 0 aromatic heterocycles. The molecule has 0 bridgehead atoms. The molecule has 4 amide bonds. The van der Waals surface area contributed by atoms with Crippen LogP contribution in [-0.4, -0.2) is 112 Å². The number of nitrogens with zero attached hydrogens (tertiary/aromatic N) is 4. The highest BCUT2D eigenvalue weighted by molar-refractivity contribution is 7.89. The Morgan fingerprint density at radius 2 is 1.72 bits per heavy atom. The van der Waals surface area contributed by atoms with Gasteiger partial charge in [-0.05, 0) is 54.5 Å². The first-order valence-corrected chi connectivity index (χ1v) is 18.1. The molecular formula is C29H41N7O9S2. The lowest BCUT2D eigenvalue weighted by Crippen LogP contribution is -2.55. The van der Waals surface area contributed by atoms with Crippen LogP contribution < -0.4 is 15.3 Å². The number of carbonyl (C=O) groups is 4. The minimum absolute atomic E-state index is 0.0904. The number of likely N-dealkylation sites (tertiary alicyclic amines) is 1. The van der Waals surface area contributed by atoms with Gasteiger partial charge in [0.2, 0.25) is 31.9 Å². The van der Waals surface area contributed by atoms with E-state index in [2.05, 4.69) is 9.82 Å². The van der Waals surface area contributed by atoms with Gasteiger partial charge in [-0.3, -0.25) is 19.3 Å². The summed E-state index contributed by atoms with van der Waals surface area (Å²) < 4.78 is 54.7. The number of hydrogen-bond donors (Lipinski definition) is 4. The Kier molecular flexibility index (Phi) is 12.7. The summed E-state index contributed by atoms with van der Waals surface area (Å²) in [4.78, 5) is 53.0. The number of nitrogens with two attached hydrogens (primary N) is 1. The first-order valence-electron chi connectivity index (χ1n) is 14.8. The lowest BCUT2D eigenvalue weighted by atomic mass is 9.97. The van der Waals surface area contributed by atoms with Crippen molar-refractivity contribution >= 4 is 61.0 Å². The number of imide groups is 1. The van der Waals surface area contributed by atoms with Crippen LogP contribution in [0.5, 0.6) is 0 Å². The van der Waals surface area contributed by atoms with E-state index in [-0.39, 0.29) is 10.8 Å². The topological polar surface area (TPSA) is 229 Å². The third-order valence-electron chi connectivity index (χ3n) is 7.38. The van der Waals surface area contributed by atoms with Crippen LogP contribution >= 0.6 is 0 Å². The fourth-order valence-corrected chi connectivity index (χ4v) is 6.83. The number of fused-ring (bicyclic) bond motifs is 1. The molecule has 5 N–H and O–H groups in total. The molecule has 1 saturated carbocycles. The fourth-order valence-electron chi connectivity index (χ4n) is 5.19. The van der Waals surface area contributed by atoms with Crippen LogP contribution in [0.15, 0.2) is 52.5 Å². The number of hydrogen-bond acceptors (Lipinski definition) is 10. The van der Waals surface area contributed by atoms with Gasteiger partial charge in [0.05, 0.1) is 17.6 Å². The van der Waals surface area contributed by atoms with Gasteiger partial charge in [0.25, 0.3) is 5.97 Å². The number of carboxylic acid groups (broad SMARTS) is 1. The summed E-state index contributed by atoms with van der Waals surface area (Å²) >= 11 is 0. The van der Waals surface area contributed by atoms with Crippen LogP contribution in [0, 0.1) is 5.92 Å². The molecule has 0 radical (unpaired) electrons. The molecule has 18 heteroatoms. The lowest BCUT2D eigenvalue weighted by molar-refractivity contribution is -0.137. The molecule has 16 nitrogen and oxygen atoms in total. The third kappa shape index (κ3) is 11.5. The predicted molar refractivity (Wildman–Crippen MR) is 174 cm³/mol. The number of urea groups is 1. The van der Waals surface area contributed by atoms with Crippen molar-refractivity contribution in [2.75, 3.05) is 32.9 Å². The van der Waals surface area contributed by atoms with Crippen LogP contribution in [-0.2, 0) is 34.4 Å². The van der Waals surface area contributed by atoms with Crippen molar-refractivity contribution in [3.63, 3.8) is 0 Å². The molecule has 47 heavy (non-hydrogen) atoms. The quantitative estimate of drug-likeness (QED) is 0.111. The van der Waals surface area contributed by atoms with E-state index in [9.17, 15) is 31.2 Å². The first-order chi connectivity index (χ1) is 22.0. The smallest absolute Gasteiger partial charge is 0.338 e. The van der Waals surface area contributed by atoms with Gasteiger partial charge in [0.1, 0.15) is 12.4 Å². The van der Waals surface area contributed by atoms with Crippen LogP contribution in [0.4, 0.5) is 4.79 Å². The molecule has 2 atom stereocenters. The molecular weight excluding hydrogens is 654 g/mol. The summed E-state index contributed by atoms with van der Waals surface area (Å²) in [7, 11) is -6.82. The summed E-state index contributed by atoms with van der Waals surface area (Å²) in [5, 5.41) is 12.4. The number of amides is 4. The van der Waals surface area contributed by atoms with Gasteiger partial charge in [-0.15, -0.1) is 0 Å². The Morgan fingerprint density at radius 1 is 1.09 bits per heavy atom. The minimum atomic E-state index is -4.36. The summed E-state index contributed by atoms with van der Waals surface area (Å²) in [5.41, 5.74) is 0. The maximum absolute atomic E-state index is 13.8. The summed E-state index contributed by atoms with van der Waals surface area (Å²) in [5.74, 6) is 2.99. The van der Waals surface area contributed by atoms with Crippen LogP contribution in [0.25, 0.3) is 10.8 Å². The van der Waals surface area contributed by atoms with Gasteiger partial charge in [-0.2, -0.15) is 9.82 Å². The Labute approximate surface area is 274 Å². The number of hydrazone groups is 1. The van der Waals surface area contributed by atoms with Gasteiger partial charge in [-0.25, -0.2) is 26.4 Å². The molecule has 1 heterocycles. The fraction of sp³-hybridized carbons (Fsp3) is 0.483. The highest BCUT2D eigenvalue weighted by atomic mass is 32.2. The van der Waals surface area contributed by atoms with Gasteiger partial charge in [0, 0.05) is 39.6 Å². The van der Waals surface area contributed by atoms with Crippen molar-refractivity contribution in [2.45, 2.75) is 56.0 Å². The molecule has 2 aromatic rings. The SMILES string of the molecule is CC(=O)O.CN(C[C@H]1CCCN(C=NN)C1)C(=O)C[C@H](NS(=O)(=O)c1ccc2ccccc2c1)C(=O)N(C(=O)NS(C)(=O)=O)C1CC1. The zero-order valence-electron chi connectivity index (χ0n) is 26.4. The molecule has 2 fully saturated rings. The zero-order chi connectivity index (χ0) is 34.9. The molecule has 0 unspecified atom stereocenters. The number of carbonyl (C=O) groups excluding carboxylic acids is 3. The Hall–Kier alpha value is -4.29. The molecule has 2 aliphatic rings. The highest BCUT2D eigenvalue weighted by Crippen LogP contribution is 2.29. The summed E-state index contributed by atoms with van der Waals surface area (Å²) in [6, 6.07) is 8.10. The van der Waals surface area contributed by atoms with Crippen LogP contribution in [0.2, 0.25) is 0 Å². The highest BCUT2D eigenvalue weighted by Gasteiger charge is 2.43. The van der Waals surface area contributed by atoms with Crippen LogP contribution in [0.3, 0.4) is 0 Å². The van der Waals surface area contributed by atoms with E-state index in [1.807, 2.05) is 17.0 Å². The maximum atomic E-state index is 13.8. The standard InChI is InChI=1S/C27H37N7O7S2.C2H4O2/c1-32(16-19-6-5-13-33(17-19)18-29-28)25(35)15-24(26(36)34(22-10-11-22)27(37)31-42(2,38)39)30-43(40,41)23-12-9-20-7-3-4-8-21(20)14-23;1-2(3)4/h3-4,7-9,12,14,18-19,22,24,30H,5-6,10-11,13,15-17,28H2,1-2H3,(H,31,37);1H3,(H,3,4)/t19-,24+;/m1./s1. The van der Waals surface area contributed by atoms with Crippen molar-refractivity contribution in [1.82, 2.24) is 24.1 Å². The second-order valence-corrected chi connectivity index (χ2v) is 15.0. The van der Waals surface area contributed by atoms with Crippen molar-refractivity contribution in [3.8, 4) is 0 Å². The number of benzene rings is 2. The number of piperidine rings is 1. The van der Waals surface area contributed by atoms with E-state index in [4.69, 9.17) is 15.7 Å². The summed E-state index contributed by atoms with van der Waals surface area (Å²) in [6.07, 6.45) is 4.29. The molecule has 2 aromatic carbocycles. The van der Waals surface area contributed by atoms with Gasteiger partial charge >= 0.3 is 6.03 Å². The average molecular weight is 696 g/mol. The lowest BCUT2D eigenvalue weighted by Gasteiger charge is -2.34. The third-order valence-corrected chi connectivity index (χ3v) is 9.40. The van der Waals surface area contributed by atoms with E-state index in [1.54, 1.807) is 30.0 Å². The van der Waals surface area contributed by atoms with E-state index in [1.165, 1.54) is 23.4 Å². The van der Waals surface area contributed by atoms with E-state index in [0.29, 0.717) is 36.2 Å². The first kappa shape index (κ1) is 37.2. The maximum Gasteiger partial charge on any atom is 0.338 e. The van der Waals surface area contributed by atoms with E-state index in [0.717, 1.165) is 38.0 Å². The van der Waals surface area contributed by atoms with E-state index < -0.39 is 62.4 Å². The number of rotatable bonds is 11. The Balaban J connectivity index is 0.00000142. The number of carboxylic acids is 1. The van der Waals surface area contributed by atoms with Gasteiger partial charge in [-0.1, -0.05) is 30.3 Å². The van der Waals surface area contributed by atoms with Crippen molar-refractivity contribution in [1.29, 1.82) is 0 Å². The van der Waals surface area contributed by atoms with E-state index >= 15 is 0 Å². The summed E-state index contributed by atoms with van der Waals surface area (Å²) in [6.45, 7) is 2.83. The average Bonchev–Trinajstić information content (AvgIpc) is 3.80. The largest absolute Gasteiger partial charge is 0.481 e. The van der Waals surface area contributed by atoms with Crippen molar-refractivity contribution in [2.24, 2.45) is 16.9 Å². The second-order valence-electron chi connectivity index (χ2n) is 11.6. The zero-order valence-corrected chi connectivity index (χ0v) is 28.0. The molecule has 0 spiro atoms. The van der Waals surface area contributed by atoms with Crippen molar-refractivity contribution < 1.29 is 41.1 Å². The number of aliphatic carboxylic acids is 1.